The highest BCUT2D eigenvalue weighted by Gasteiger charge is 2.21. The third-order valence-electron chi connectivity index (χ3n) is 5.12. The zero-order valence-electron chi connectivity index (χ0n) is 18.0. The van der Waals surface area contributed by atoms with Crippen molar-refractivity contribution in [1.82, 2.24) is 29.3 Å². The first kappa shape index (κ1) is 21.0. The zero-order valence-corrected chi connectivity index (χ0v) is 18.0. The maximum Gasteiger partial charge on any atom is 0.331 e. The van der Waals surface area contributed by atoms with E-state index in [2.05, 4.69) is 26.6 Å². The Labute approximate surface area is 182 Å². The smallest absolute Gasteiger partial charge is 0.331 e. The number of fused-ring (bicyclic) bond motifs is 1. The topological polar surface area (TPSA) is 99.8 Å². The van der Waals surface area contributed by atoms with Crippen molar-refractivity contribution >= 4 is 22.7 Å². The van der Waals surface area contributed by atoms with E-state index in [0.29, 0.717) is 33.6 Å². The van der Waals surface area contributed by atoms with E-state index in [-0.39, 0.29) is 11.4 Å². The van der Waals surface area contributed by atoms with Gasteiger partial charge in [-0.15, -0.1) is 0 Å². The third-order valence-corrected chi connectivity index (χ3v) is 5.12. The van der Waals surface area contributed by atoms with Crippen molar-refractivity contribution in [2.45, 2.75) is 6.92 Å². The lowest BCUT2D eigenvalue weighted by Gasteiger charge is -2.12. The Morgan fingerprint density at radius 3 is 2.69 bits per heavy atom. The zero-order chi connectivity index (χ0) is 23.0. The maximum absolute atomic E-state index is 14.7. The lowest BCUT2D eigenvalue weighted by molar-refractivity contribution is 0.314. The molecule has 32 heavy (non-hydrogen) atoms. The van der Waals surface area contributed by atoms with Crippen LogP contribution in [0.4, 0.5) is 4.39 Å². The number of H-pyrrole nitrogens is 1. The quantitative estimate of drug-likeness (QED) is 0.368. The molecule has 4 aromatic heterocycles. The second kappa shape index (κ2) is 8.14. The Balaban J connectivity index is 1.92. The molecule has 0 fully saturated rings. The van der Waals surface area contributed by atoms with Crippen LogP contribution in [0.3, 0.4) is 0 Å². The average Bonchev–Trinajstić information content (AvgIpc) is 3.35. The Kier molecular flexibility index (Phi) is 5.35. The molecule has 0 aromatic carbocycles. The minimum Gasteiger partial charge on any atom is -0.496 e. The molecule has 0 atom stereocenters. The van der Waals surface area contributed by atoms with Crippen LogP contribution in [0.1, 0.15) is 16.8 Å². The molecule has 0 aliphatic rings. The number of pyridine rings is 2. The Morgan fingerprint density at radius 1 is 1.25 bits per heavy atom. The fraction of sp³-hybridized carbons (Fsp3) is 0.182. The Hall–Kier alpha value is -4.21. The van der Waals surface area contributed by atoms with Crippen molar-refractivity contribution < 1.29 is 13.9 Å². The number of nitrogens with zero attached hydrogens (tertiary/aromatic N) is 5. The number of allylic oxidation sites excluding steroid dienone is 1. The van der Waals surface area contributed by atoms with Crippen LogP contribution in [-0.2, 0) is 11.8 Å². The maximum atomic E-state index is 14.7. The number of hydrogen-bond donors (Lipinski definition) is 1. The van der Waals surface area contributed by atoms with Crippen LogP contribution in [0.2, 0.25) is 0 Å². The van der Waals surface area contributed by atoms with Crippen LogP contribution in [0.15, 0.2) is 48.1 Å². The van der Waals surface area contributed by atoms with Crippen LogP contribution in [0, 0.1) is 12.7 Å². The van der Waals surface area contributed by atoms with Gasteiger partial charge in [0.25, 0.3) is 0 Å². The van der Waals surface area contributed by atoms with Gasteiger partial charge >= 0.3 is 5.69 Å². The molecule has 4 rings (SSSR count). The first-order valence-electron chi connectivity index (χ1n) is 9.57. The van der Waals surface area contributed by atoms with Gasteiger partial charge in [0.1, 0.15) is 11.4 Å². The molecule has 0 saturated heterocycles. The summed E-state index contributed by atoms with van der Waals surface area (Å²) in [6, 6.07) is 0. The molecule has 9 nitrogen and oxygen atoms in total. The molecular weight excluding hydrogens is 415 g/mol. The van der Waals surface area contributed by atoms with E-state index in [0.717, 1.165) is 11.8 Å². The molecule has 0 amide bonds. The van der Waals surface area contributed by atoms with Gasteiger partial charge in [0.2, 0.25) is 0 Å². The largest absolute Gasteiger partial charge is 0.496 e. The molecular formula is C22H21FN6O3. The van der Waals surface area contributed by atoms with Crippen molar-refractivity contribution in [3.05, 3.63) is 76.4 Å². The summed E-state index contributed by atoms with van der Waals surface area (Å²) in [7, 11) is 4.73. The fourth-order valence-corrected chi connectivity index (χ4v) is 3.52. The summed E-state index contributed by atoms with van der Waals surface area (Å²) < 4.78 is 28.4. The Bertz CT molecular complexity index is 1430. The fourth-order valence-electron chi connectivity index (χ4n) is 3.52. The number of ether oxygens (including phenoxy) is 2. The van der Waals surface area contributed by atoms with Gasteiger partial charge in [-0.3, -0.25) is 19.2 Å². The summed E-state index contributed by atoms with van der Waals surface area (Å²) in [6.07, 6.45) is 9.11. The van der Waals surface area contributed by atoms with E-state index in [1.807, 2.05) is 13.2 Å². The van der Waals surface area contributed by atoms with Crippen LogP contribution in [-0.4, -0.2) is 43.5 Å². The van der Waals surface area contributed by atoms with Gasteiger partial charge in [0.15, 0.2) is 11.6 Å². The number of nitrogens with one attached hydrogen (secondary N) is 1. The monoisotopic (exact) mass is 436 g/mol. The minimum absolute atomic E-state index is 0.0327. The molecule has 0 bridgehead atoms. The van der Waals surface area contributed by atoms with Gasteiger partial charge in [-0.05, 0) is 6.92 Å². The summed E-state index contributed by atoms with van der Waals surface area (Å²) in [5, 5.41) is 4.16. The lowest BCUT2D eigenvalue weighted by atomic mass is 10.1. The highest BCUT2D eigenvalue weighted by molar-refractivity contribution is 5.86. The van der Waals surface area contributed by atoms with Gasteiger partial charge < -0.3 is 14.5 Å². The number of aromatic amines is 1. The Morgan fingerprint density at radius 2 is 2.03 bits per heavy atom. The third kappa shape index (κ3) is 3.45. The van der Waals surface area contributed by atoms with Crippen molar-refractivity contribution in [1.29, 1.82) is 0 Å². The molecule has 0 saturated carbocycles. The first-order chi connectivity index (χ1) is 15.3. The molecule has 164 valence electrons. The van der Waals surface area contributed by atoms with Crippen molar-refractivity contribution in [2.75, 3.05) is 14.2 Å². The predicted molar refractivity (Wildman–Crippen MR) is 118 cm³/mol. The molecule has 1 N–H and O–H groups in total. The van der Waals surface area contributed by atoms with Gasteiger partial charge in [-0.1, -0.05) is 6.58 Å². The number of imidazole rings is 1. The molecule has 0 spiro atoms. The SMILES string of the molecule is C=C(/C(=C\c1ncc2[nH]c(=O)n(-c3c(F)cncc3OC)c2c1C)OC)c1cnn(C)c1. The minimum atomic E-state index is -0.691. The van der Waals surface area contributed by atoms with Gasteiger partial charge in [0.05, 0.1) is 55.7 Å². The number of aromatic nitrogens is 6. The number of methoxy groups -OCH3 is 2. The molecule has 4 aromatic rings. The normalized spacial score (nSPS) is 11.7. The number of aryl methyl sites for hydroxylation is 2. The highest BCUT2D eigenvalue weighted by Crippen LogP contribution is 2.30. The summed E-state index contributed by atoms with van der Waals surface area (Å²) in [6.45, 7) is 5.88. The molecule has 0 unspecified atom stereocenters. The number of halogens is 1. The summed E-state index contributed by atoms with van der Waals surface area (Å²) in [4.78, 5) is 23.7. The van der Waals surface area contributed by atoms with E-state index in [4.69, 9.17) is 9.47 Å². The van der Waals surface area contributed by atoms with E-state index in [9.17, 15) is 9.18 Å². The highest BCUT2D eigenvalue weighted by atomic mass is 19.1. The number of rotatable bonds is 6. The van der Waals surface area contributed by atoms with Gasteiger partial charge in [0, 0.05) is 36.0 Å². The van der Waals surface area contributed by atoms with Gasteiger partial charge in [-0.2, -0.15) is 5.10 Å². The molecule has 4 heterocycles. The predicted octanol–water partition coefficient (Wildman–Crippen LogP) is 3.00. The van der Waals surface area contributed by atoms with Crippen LogP contribution in [0.25, 0.3) is 28.4 Å². The van der Waals surface area contributed by atoms with Gasteiger partial charge in [-0.25, -0.2) is 9.18 Å². The van der Waals surface area contributed by atoms with Crippen LogP contribution >= 0.6 is 0 Å². The summed E-state index contributed by atoms with van der Waals surface area (Å²) >= 11 is 0. The second-order valence-electron chi connectivity index (χ2n) is 7.06. The number of hydrogen-bond acceptors (Lipinski definition) is 6. The van der Waals surface area contributed by atoms with Crippen LogP contribution in [0.5, 0.6) is 5.75 Å². The van der Waals surface area contributed by atoms with E-state index < -0.39 is 11.5 Å². The van der Waals surface area contributed by atoms with E-state index in [1.54, 1.807) is 23.9 Å². The summed E-state index contributed by atoms with van der Waals surface area (Å²) in [5.74, 6) is -0.0860. The molecule has 0 radical (unpaired) electrons. The standard InChI is InChI=1S/C22H21FN6O3/c1-12(14-7-26-28(3)11-14)18(31-4)6-16-13(2)20-17(9-25-16)27-22(30)29(20)21-15(23)8-24-10-19(21)32-5/h6-11H,1H2,2-5H3,(H,27,30)/b18-6+. The van der Waals surface area contributed by atoms with Crippen molar-refractivity contribution in [3.63, 3.8) is 0 Å². The van der Waals surface area contributed by atoms with Crippen molar-refractivity contribution in [2.24, 2.45) is 7.05 Å². The second-order valence-corrected chi connectivity index (χ2v) is 7.06. The van der Waals surface area contributed by atoms with E-state index >= 15 is 0 Å². The molecule has 10 heteroatoms. The van der Waals surface area contributed by atoms with E-state index in [1.165, 1.54) is 31.2 Å². The lowest BCUT2D eigenvalue weighted by Crippen LogP contribution is -2.17. The molecule has 0 aliphatic carbocycles. The van der Waals surface area contributed by atoms with Crippen molar-refractivity contribution in [3.8, 4) is 11.4 Å². The summed E-state index contributed by atoms with van der Waals surface area (Å²) in [5.41, 5.74) is 2.93. The first-order valence-corrected chi connectivity index (χ1v) is 9.57. The van der Waals surface area contributed by atoms with Crippen LogP contribution < -0.4 is 10.4 Å². The molecule has 0 aliphatic heterocycles. The average molecular weight is 436 g/mol.